The summed E-state index contributed by atoms with van der Waals surface area (Å²) < 4.78 is 10.2. The van der Waals surface area contributed by atoms with Crippen LogP contribution in [0.5, 0.6) is 5.75 Å². The van der Waals surface area contributed by atoms with Gasteiger partial charge in [-0.05, 0) is 35.2 Å². The summed E-state index contributed by atoms with van der Waals surface area (Å²) in [6.45, 7) is 6.01. The molecule has 0 bridgehead atoms. The smallest absolute Gasteiger partial charge is 0.342 e. The molecule has 0 spiro atoms. The number of amides is 1. The summed E-state index contributed by atoms with van der Waals surface area (Å²) >= 11 is 0. The van der Waals surface area contributed by atoms with E-state index in [2.05, 4.69) is 26.1 Å². The Balaban J connectivity index is 1.91. The number of ether oxygens (including phenoxy) is 2. The van der Waals surface area contributed by atoms with Crippen molar-refractivity contribution in [2.45, 2.75) is 26.2 Å². The van der Waals surface area contributed by atoms with Gasteiger partial charge in [0.25, 0.3) is 5.91 Å². The summed E-state index contributed by atoms with van der Waals surface area (Å²) in [5, 5.41) is 2.71. The zero-order chi connectivity index (χ0) is 18.4. The number of nitrogens with one attached hydrogen (secondary N) is 1. The molecule has 2 aromatic carbocycles. The van der Waals surface area contributed by atoms with Crippen LogP contribution in [0.2, 0.25) is 0 Å². The van der Waals surface area contributed by atoms with Gasteiger partial charge in [0, 0.05) is 5.69 Å². The summed E-state index contributed by atoms with van der Waals surface area (Å²) in [6.07, 6.45) is 0. The highest BCUT2D eigenvalue weighted by Crippen LogP contribution is 2.23. The lowest BCUT2D eigenvalue weighted by Gasteiger charge is -2.19. The van der Waals surface area contributed by atoms with E-state index in [1.807, 2.05) is 24.3 Å². The third-order valence-corrected chi connectivity index (χ3v) is 3.70. The number of carbonyl (C=O) groups excluding carboxylic acids is 2. The number of methoxy groups -OCH3 is 1. The minimum atomic E-state index is -0.601. The third-order valence-electron chi connectivity index (χ3n) is 3.70. The molecular formula is C20H23NO4. The summed E-state index contributed by atoms with van der Waals surface area (Å²) in [6, 6.07) is 14.3. The van der Waals surface area contributed by atoms with E-state index in [0.717, 1.165) is 0 Å². The lowest BCUT2D eigenvalue weighted by Crippen LogP contribution is -2.21. The minimum absolute atomic E-state index is 0.0484. The van der Waals surface area contributed by atoms with Crippen LogP contribution in [-0.4, -0.2) is 25.6 Å². The predicted molar refractivity (Wildman–Crippen MR) is 97.0 cm³/mol. The first-order valence-electron chi connectivity index (χ1n) is 8.02. The molecule has 1 amide bonds. The zero-order valence-electron chi connectivity index (χ0n) is 15.0. The van der Waals surface area contributed by atoms with Gasteiger partial charge in [0.05, 0.1) is 7.11 Å². The average Bonchev–Trinajstić information content (AvgIpc) is 2.59. The monoisotopic (exact) mass is 341 g/mol. The van der Waals surface area contributed by atoms with Crippen LogP contribution in [0.15, 0.2) is 48.5 Å². The first-order valence-corrected chi connectivity index (χ1v) is 8.02. The van der Waals surface area contributed by atoms with Crippen LogP contribution < -0.4 is 10.1 Å². The van der Waals surface area contributed by atoms with E-state index >= 15 is 0 Å². The molecule has 25 heavy (non-hydrogen) atoms. The largest absolute Gasteiger partial charge is 0.496 e. The molecule has 1 N–H and O–H groups in total. The molecule has 2 aromatic rings. The van der Waals surface area contributed by atoms with E-state index in [-0.39, 0.29) is 17.6 Å². The van der Waals surface area contributed by atoms with E-state index < -0.39 is 11.9 Å². The van der Waals surface area contributed by atoms with E-state index in [1.54, 1.807) is 24.3 Å². The minimum Gasteiger partial charge on any atom is -0.496 e. The fraction of sp³-hybridized carbons (Fsp3) is 0.300. The molecule has 0 aliphatic rings. The van der Waals surface area contributed by atoms with Gasteiger partial charge in [0.2, 0.25) is 0 Å². The van der Waals surface area contributed by atoms with Gasteiger partial charge >= 0.3 is 5.97 Å². The third kappa shape index (κ3) is 5.08. The number of carbonyl (C=O) groups is 2. The fourth-order valence-corrected chi connectivity index (χ4v) is 2.27. The molecule has 0 aliphatic heterocycles. The van der Waals surface area contributed by atoms with Gasteiger partial charge < -0.3 is 14.8 Å². The van der Waals surface area contributed by atoms with Crippen LogP contribution in [0.3, 0.4) is 0 Å². The highest BCUT2D eigenvalue weighted by molar-refractivity contribution is 5.96. The Labute approximate surface area is 148 Å². The molecule has 0 radical (unpaired) electrons. The maximum atomic E-state index is 12.1. The Morgan fingerprint density at radius 2 is 1.64 bits per heavy atom. The SMILES string of the molecule is COc1ccccc1C(=O)OCC(=O)Nc1ccc(C(C)(C)C)cc1. The van der Waals surface area contributed by atoms with Crippen LogP contribution in [-0.2, 0) is 14.9 Å². The van der Waals surface area contributed by atoms with Crippen molar-refractivity contribution in [2.24, 2.45) is 0 Å². The molecule has 0 atom stereocenters. The summed E-state index contributed by atoms with van der Waals surface area (Å²) in [4.78, 5) is 24.0. The van der Waals surface area contributed by atoms with Crippen molar-refractivity contribution in [1.82, 2.24) is 0 Å². The Hall–Kier alpha value is -2.82. The van der Waals surface area contributed by atoms with Gasteiger partial charge in [-0.25, -0.2) is 4.79 Å². The number of hydrogen-bond acceptors (Lipinski definition) is 4. The van der Waals surface area contributed by atoms with E-state index in [9.17, 15) is 9.59 Å². The Morgan fingerprint density at radius 3 is 2.24 bits per heavy atom. The second-order valence-electron chi connectivity index (χ2n) is 6.65. The molecule has 5 nitrogen and oxygen atoms in total. The van der Waals surface area contributed by atoms with Crippen molar-refractivity contribution in [1.29, 1.82) is 0 Å². The summed E-state index contributed by atoms with van der Waals surface area (Å²) in [5.74, 6) is -0.590. The molecule has 0 aromatic heterocycles. The maximum absolute atomic E-state index is 12.1. The highest BCUT2D eigenvalue weighted by Gasteiger charge is 2.15. The van der Waals surface area contributed by atoms with Gasteiger partial charge in [-0.15, -0.1) is 0 Å². The van der Waals surface area contributed by atoms with Crippen LogP contribution in [0, 0.1) is 0 Å². The van der Waals surface area contributed by atoms with E-state index in [0.29, 0.717) is 11.4 Å². The van der Waals surface area contributed by atoms with Crippen molar-refractivity contribution in [2.75, 3.05) is 19.0 Å². The molecule has 0 saturated carbocycles. The molecule has 5 heteroatoms. The number of para-hydroxylation sites is 1. The van der Waals surface area contributed by atoms with Crippen molar-refractivity contribution in [3.8, 4) is 5.75 Å². The average molecular weight is 341 g/mol. The number of rotatable bonds is 5. The van der Waals surface area contributed by atoms with Gasteiger partial charge in [-0.3, -0.25) is 4.79 Å². The van der Waals surface area contributed by atoms with Gasteiger partial charge in [-0.1, -0.05) is 45.0 Å². The molecule has 0 saturated heterocycles. The number of hydrogen-bond donors (Lipinski definition) is 1. The van der Waals surface area contributed by atoms with Crippen LogP contribution in [0.1, 0.15) is 36.7 Å². The van der Waals surface area contributed by atoms with Crippen LogP contribution >= 0.6 is 0 Å². The topological polar surface area (TPSA) is 64.6 Å². The Morgan fingerprint density at radius 1 is 1.00 bits per heavy atom. The Bertz CT molecular complexity index is 745. The quantitative estimate of drug-likeness (QED) is 0.841. The van der Waals surface area contributed by atoms with Crippen molar-refractivity contribution >= 4 is 17.6 Å². The second kappa shape index (κ2) is 7.83. The van der Waals surface area contributed by atoms with E-state index in [4.69, 9.17) is 9.47 Å². The van der Waals surface area contributed by atoms with Gasteiger partial charge in [0.1, 0.15) is 11.3 Å². The molecular weight excluding hydrogens is 318 g/mol. The van der Waals surface area contributed by atoms with E-state index in [1.165, 1.54) is 12.7 Å². The predicted octanol–water partition coefficient (Wildman–Crippen LogP) is 3.79. The van der Waals surface area contributed by atoms with Crippen LogP contribution in [0.4, 0.5) is 5.69 Å². The van der Waals surface area contributed by atoms with Gasteiger partial charge in [-0.2, -0.15) is 0 Å². The highest BCUT2D eigenvalue weighted by atomic mass is 16.5. The first kappa shape index (κ1) is 18.5. The van der Waals surface area contributed by atoms with Crippen molar-refractivity contribution < 1.29 is 19.1 Å². The van der Waals surface area contributed by atoms with Crippen molar-refractivity contribution in [3.05, 3.63) is 59.7 Å². The molecule has 0 heterocycles. The standard InChI is InChI=1S/C20H23NO4/c1-20(2,3)14-9-11-15(12-10-14)21-18(22)13-25-19(23)16-7-5-6-8-17(16)24-4/h5-12H,13H2,1-4H3,(H,21,22). The summed E-state index contributed by atoms with van der Waals surface area (Å²) in [7, 11) is 1.47. The molecule has 0 fully saturated rings. The van der Waals surface area contributed by atoms with Gasteiger partial charge in [0.15, 0.2) is 6.61 Å². The Kier molecular flexibility index (Phi) is 5.80. The normalized spacial score (nSPS) is 10.9. The van der Waals surface area contributed by atoms with Crippen LogP contribution in [0.25, 0.3) is 0 Å². The van der Waals surface area contributed by atoms with Crippen molar-refractivity contribution in [3.63, 3.8) is 0 Å². The number of anilines is 1. The maximum Gasteiger partial charge on any atom is 0.342 e. The fourth-order valence-electron chi connectivity index (χ4n) is 2.27. The lowest BCUT2D eigenvalue weighted by molar-refractivity contribution is -0.119. The molecule has 132 valence electrons. The number of benzene rings is 2. The number of esters is 1. The molecule has 0 aliphatic carbocycles. The molecule has 2 rings (SSSR count). The zero-order valence-corrected chi connectivity index (χ0v) is 15.0. The second-order valence-corrected chi connectivity index (χ2v) is 6.65. The lowest BCUT2D eigenvalue weighted by atomic mass is 9.87. The first-order chi connectivity index (χ1) is 11.8. The molecule has 0 unspecified atom stereocenters. The summed E-state index contributed by atoms with van der Waals surface area (Å²) in [5.41, 5.74) is 2.17.